The van der Waals surface area contributed by atoms with Crippen molar-refractivity contribution in [2.45, 2.75) is 45.6 Å². The Morgan fingerprint density at radius 2 is 1.81 bits per heavy atom. The minimum absolute atomic E-state index is 0.289. The summed E-state index contributed by atoms with van der Waals surface area (Å²) in [5, 5.41) is 8.71. The molecule has 3 nitrogen and oxygen atoms in total. The molecular formula is C23H25NO2. The predicted molar refractivity (Wildman–Crippen MR) is 105 cm³/mol. The summed E-state index contributed by atoms with van der Waals surface area (Å²) in [7, 11) is 0. The SMILES string of the molecule is C/C(=C\c1ccccc1)[C@@H](CCCCC#N)OC(=O)c1ccc(C)cc1. The monoisotopic (exact) mass is 347 g/mol. The van der Waals surface area contributed by atoms with Crippen molar-refractivity contribution < 1.29 is 9.53 Å². The molecule has 26 heavy (non-hydrogen) atoms. The number of hydrogen-bond donors (Lipinski definition) is 0. The number of carbonyl (C=O) groups excluding carboxylic acids is 1. The lowest BCUT2D eigenvalue weighted by molar-refractivity contribution is 0.0356. The third-order valence-corrected chi connectivity index (χ3v) is 4.24. The summed E-state index contributed by atoms with van der Waals surface area (Å²) in [4.78, 5) is 12.5. The summed E-state index contributed by atoms with van der Waals surface area (Å²) < 4.78 is 5.80. The minimum Gasteiger partial charge on any atom is -0.454 e. The Kier molecular flexibility index (Phi) is 7.64. The lowest BCUT2D eigenvalue weighted by Crippen LogP contribution is -2.19. The van der Waals surface area contributed by atoms with Crippen molar-refractivity contribution >= 4 is 12.0 Å². The van der Waals surface area contributed by atoms with Crippen LogP contribution in [0, 0.1) is 18.3 Å². The number of aryl methyl sites for hydroxylation is 1. The van der Waals surface area contributed by atoms with Gasteiger partial charge in [0.1, 0.15) is 6.10 Å². The number of ether oxygens (including phenoxy) is 1. The molecule has 1 atom stereocenters. The first-order chi connectivity index (χ1) is 12.6. The minimum atomic E-state index is -0.309. The van der Waals surface area contributed by atoms with Crippen LogP contribution in [-0.4, -0.2) is 12.1 Å². The van der Waals surface area contributed by atoms with E-state index in [0.717, 1.165) is 29.5 Å². The van der Waals surface area contributed by atoms with Crippen LogP contribution in [0.5, 0.6) is 0 Å². The predicted octanol–water partition coefficient (Wildman–Crippen LogP) is 5.71. The van der Waals surface area contributed by atoms with Crippen molar-refractivity contribution in [3.05, 3.63) is 76.9 Å². The summed E-state index contributed by atoms with van der Waals surface area (Å²) in [5.74, 6) is -0.309. The molecule has 2 aromatic rings. The number of esters is 1. The molecule has 0 bridgehead atoms. The summed E-state index contributed by atoms with van der Waals surface area (Å²) >= 11 is 0. The van der Waals surface area contributed by atoms with E-state index in [2.05, 4.69) is 12.1 Å². The first-order valence-electron chi connectivity index (χ1n) is 8.98. The summed E-state index contributed by atoms with van der Waals surface area (Å²) in [5.41, 5.74) is 3.76. The number of hydrogen-bond acceptors (Lipinski definition) is 3. The summed E-state index contributed by atoms with van der Waals surface area (Å²) in [6.45, 7) is 3.98. The normalized spacial score (nSPS) is 12.3. The fourth-order valence-corrected chi connectivity index (χ4v) is 2.71. The van der Waals surface area contributed by atoms with Crippen LogP contribution in [-0.2, 0) is 4.74 Å². The van der Waals surface area contributed by atoms with Crippen molar-refractivity contribution in [1.29, 1.82) is 5.26 Å². The quantitative estimate of drug-likeness (QED) is 0.454. The molecule has 0 saturated heterocycles. The van der Waals surface area contributed by atoms with Crippen LogP contribution < -0.4 is 0 Å². The summed E-state index contributed by atoms with van der Waals surface area (Å²) in [6, 6.07) is 19.6. The van der Waals surface area contributed by atoms with Crippen molar-refractivity contribution in [3.8, 4) is 6.07 Å². The fourth-order valence-electron chi connectivity index (χ4n) is 2.71. The molecule has 0 unspecified atom stereocenters. The zero-order valence-corrected chi connectivity index (χ0v) is 15.4. The Morgan fingerprint density at radius 3 is 2.46 bits per heavy atom. The van der Waals surface area contributed by atoms with Gasteiger partial charge in [0.05, 0.1) is 11.6 Å². The number of benzene rings is 2. The second-order valence-electron chi connectivity index (χ2n) is 6.46. The van der Waals surface area contributed by atoms with Gasteiger partial charge < -0.3 is 4.74 Å². The number of unbranched alkanes of at least 4 members (excludes halogenated alkanes) is 2. The van der Waals surface area contributed by atoms with Gasteiger partial charge in [0, 0.05) is 6.42 Å². The Morgan fingerprint density at radius 1 is 1.12 bits per heavy atom. The summed E-state index contributed by atoms with van der Waals surface area (Å²) in [6.07, 6.45) is 4.67. The molecule has 0 aromatic heterocycles. The molecule has 2 rings (SSSR count). The Bertz CT molecular complexity index is 770. The van der Waals surface area contributed by atoms with Crippen LogP contribution in [0.2, 0.25) is 0 Å². The molecule has 0 aliphatic heterocycles. The van der Waals surface area contributed by atoms with Crippen LogP contribution in [0.4, 0.5) is 0 Å². The van der Waals surface area contributed by atoms with E-state index in [9.17, 15) is 4.79 Å². The topological polar surface area (TPSA) is 50.1 Å². The number of rotatable bonds is 8. The van der Waals surface area contributed by atoms with E-state index in [1.165, 1.54) is 0 Å². The van der Waals surface area contributed by atoms with Crippen LogP contribution in [0.15, 0.2) is 60.2 Å². The molecule has 134 valence electrons. The molecule has 0 aliphatic carbocycles. The van der Waals surface area contributed by atoms with Crippen LogP contribution in [0.3, 0.4) is 0 Å². The second-order valence-corrected chi connectivity index (χ2v) is 6.46. The highest BCUT2D eigenvalue weighted by Gasteiger charge is 2.17. The van der Waals surface area contributed by atoms with Crippen molar-refractivity contribution in [1.82, 2.24) is 0 Å². The van der Waals surface area contributed by atoms with Gasteiger partial charge in [0.15, 0.2) is 0 Å². The van der Waals surface area contributed by atoms with Gasteiger partial charge in [-0.05, 0) is 56.4 Å². The molecule has 0 amide bonds. The van der Waals surface area contributed by atoms with Gasteiger partial charge in [0.25, 0.3) is 0 Å². The third kappa shape index (κ3) is 6.22. The van der Waals surface area contributed by atoms with E-state index in [1.54, 1.807) is 12.1 Å². The van der Waals surface area contributed by atoms with Gasteiger partial charge in [0.2, 0.25) is 0 Å². The van der Waals surface area contributed by atoms with Crippen molar-refractivity contribution in [2.75, 3.05) is 0 Å². The van der Waals surface area contributed by atoms with Gasteiger partial charge in [-0.25, -0.2) is 4.79 Å². The molecule has 2 aromatic carbocycles. The highest BCUT2D eigenvalue weighted by molar-refractivity contribution is 5.89. The molecular weight excluding hydrogens is 322 g/mol. The number of nitriles is 1. The lowest BCUT2D eigenvalue weighted by atomic mass is 10.0. The van der Waals surface area contributed by atoms with E-state index in [4.69, 9.17) is 10.00 Å². The molecule has 0 N–H and O–H groups in total. The largest absolute Gasteiger partial charge is 0.454 e. The van der Waals surface area contributed by atoms with Crippen molar-refractivity contribution in [2.24, 2.45) is 0 Å². The standard InChI is InChI=1S/C23H25NO2/c1-18-12-14-21(15-13-18)23(25)26-22(11-7-4-8-16-24)19(2)17-20-9-5-3-6-10-20/h3,5-6,9-10,12-15,17,22H,4,7-8,11H2,1-2H3/b19-17+/t22-/m1/s1. The van der Waals surface area contributed by atoms with Crippen LogP contribution >= 0.6 is 0 Å². The first kappa shape index (κ1) is 19.5. The molecule has 0 fully saturated rings. The maximum absolute atomic E-state index is 12.5. The molecule has 3 heteroatoms. The average Bonchev–Trinajstić information content (AvgIpc) is 2.65. The Labute approximate surface area is 155 Å². The highest BCUT2D eigenvalue weighted by atomic mass is 16.5. The molecule has 0 radical (unpaired) electrons. The van der Waals surface area contributed by atoms with Gasteiger partial charge >= 0.3 is 5.97 Å². The lowest BCUT2D eigenvalue weighted by Gasteiger charge is -2.19. The zero-order valence-electron chi connectivity index (χ0n) is 15.4. The van der Waals surface area contributed by atoms with Gasteiger partial charge in [-0.15, -0.1) is 0 Å². The zero-order chi connectivity index (χ0) is 18.8. The second kappa shape index (κ2) is 10.2. The van der Waals surface area contributed by atoms with E-state index >= 15 is 0 Å². The smallest absolute Gasteiger partial charge is 0.338 e. The Hall–Kier alpha value is -2.86. The first-order valence-corrected chi connectivity index (χ1v) is 8.98. The molecule has 0 spiro atoms. The van der Waals surface area contributed by atoms with Gasteiger partial charge in [-0.2, -0.15) is 5.26 Å². The fraction of sp³-hybridized carbons (Fsp3) is 0.304. The van der Waals surface area contributed by atoms with E-state index < -0.39 is 0 Å². The maximum Gasteiger partial charge on any atom is 0.338 e. The highest BCUT2D eigenvalue weighted by Crippen LogP contribution is 2.20. The third-order valence-electron chi connectivity index (χ3n) is 4.24. The van der Waals surface area contributed by atoms with Gasteiger partial charge in [-0.3, -0.25) is 0 Å². The van der Waals surface area contributed by atoms with Gasteiger partial charge in [-0.1, -0.05) is 54.1 Å². The molecule has 0 aliphatic rings. The van der Waals surface area contributed by atoms with Crippen LogP contribution in [0.25, 0.3) is 6.08 Å². The number of carbonyl (C=O) groups is 1. The van der Waals surface area contributed by atoms with E-state index in [1.807, 2.05) is 56.3 Å². The van der Waals surface area contributed by atoms with E-state index in [-0.39, 0.29) is 12.1 Å². The van der Waals surface area contributed by atoms with Crippen molar-refractivity contribution in [3.63, 3.8) is 0 Å². The number of nitrogens with zero attached hydrogens (tertiary/aromatic N) is 1. The van der Waals surface area contributed by atoms with Crippen LogP contribution in [0.1, 0.15) is 54.1 Å². The Balaban J connectivity index is 2.11. The average molecular weight is 347 g/mol. The molecule has 0 heterocycles. The molecule has 0 saturated carbocycles. The van der Waals surface area contributed by atoms with E-state index in [0.29, 0.717) is 18.4 Å². The maximum atomic E-state index is 12.5.